The van der Waals surface area contributed by atoms with Crippen LogP contribution in [-0.2, 0) is 28.6 Å². The van der Waals surface area contributed by atoms with Crippen LogP contribution in [0.15, 0.2) is 48.5 Å². The molecule has 0 saturated carbocycles. The van der Waals surface area contributed by atoms with Gasteiger partial charge in [-0.3, -0.25) is 4.79 Å². The van der Waals surface area contributed by atoms with Gasteiger partial charge in [0.15, 0.2) is 0 Å². The van der Waals surface area contributed by atoms with Crippen LogP contribution in [0.2, 0.25) is 0 Å². The topological polar surface area (TPSA) is 66.4 Å². The van der Waals surface area contributed by atoms with Gasteiger partial charge in [-0.1, -0.05) is 42.0 Å². The number of amides is 1. The number of hydrogen-bond acceptors (Lipinski definition) is 2. The highest BCUT2D eigenvalue weighted by molar-refractivity contribution is 5.85. The van der Waals surface area contributed by atoms with Crippen LogP contribution in [0.4, 0.5) is 13.2 Å². The summed E-state index contributed by atoms with van der Waals surface area (Å²) >= 11 is 0. The molecule has 0 aromatic heterocycles. The average molecular weight is 365 g/mol. The molecule has 2 rings (SSSR count). The Morgan fingerprint density at radius 2 is 1.73 bits per heavy atom. The Hall–Kier alpha value is -2.83. The van der Waals surface area contributed by atoms with Gasteiger partial charge in [-0.15, -0.1) is 0 Å². The van der Waals surface area contributed by atoms with Crippen molar-refractivity contribution in [2.24, 2.45) is 0 Å². The standard InChI is InChI=1S/C19H18F3NO3/c1-12-3-2-4-14(9-12)10-16(18(25)26)23-17(24)11-13-5-7-15(8-6-13)19(20,21)22/h2-9,16H,10-11H2,1H3,(H,23,24)(H,25,26)/t16-/m0/s1. The zero-order valence-corrected chi connectivity index (χ0v) is 14.0. The second-order valence-electron chi connectivity index (χ2n) is 6.02. The number of aliphatic carboxylic acids is 1. The predicted molar refractivity (Wildman–Crippen MR) is 89.6 cm³/mol. The van der Waals surface area contributed by atoms with E-state index in [4.69, 9.17) is 0 Å². The quantitative estimate of drug-likeness (QED) is 0.825. The van der Waals surface area contributed by atoms with Crippen molar-refractivity contribution in [3.05, 3.63) is 70.8 Å². The van der Waals surface area contributed by atoms with E-state index in [2.05, 4.69) is 5.32 Å². The lowest BCUT2D eigenvalue weighted by molar-refractivity contribution is -0.141. The summed E-state index contributed by atoms with van der Waals surface area (Å²) in [6, 6.07) is 10.4. The summed E-state index contributed by atoms with van der Waals surface area (Å²) in [5.41, 5.74) is 1.31. The lowest BCUT2D eigenvalue weighted by Crippen LogP contribution is -2.43. The van der Waals surface area contributed by atoms with E-state index in [0.717, 1.165) is 23.3 Å². The monoisotopic (exact) mass is 365 g/mol. The molecule has 2 N–H and O–H groups in total. The maximum absolute atomic E-state index is 12.5. The highest BCUT2D eigenvalue weighted by Crippen LogP contribution is 2.29. The molecule has 2 aromatic carbocycles. The SMILES string of the molecule is Cc1cccc(C[C@H](NC(=O)Cc2ccc(C(F)(F)F)cc2)C(=O)O)c1. The number of nitrogens with one attached hydrogen (secondary N) is 1. The summed E-state index contributed by atoms with van der Waals surface area (Å²) < 4.78 is 37.6. The van der Waals surface area contributed by atoms with Crippen molar-refractivity contribution in [1.29, 1.82) is 0 Å². The number of hydrogen-bond donors (Lipinski definition) is 2. The molecule has 0 aliphatic heterocycles. The van der Waals surface area contributed by atoms with Crippen LogP contribution in [0.3, 0.4) is 0 Å². The van der Waals surface area contributed by atoms with Crippen molar-refractivity contribution in [3.63, 3.8) is 0 Å². The minimum atomic E-state index is -4.44. The van der Waals surface area contributed by atoms with Gasteiger partial charge in [0.1, 0.15) is 6.04 Å². The van der Waals surface area contributed by atoms with Crippen LogP contribution in [-0.4, -0.2) is 23.0 Å². The Labute approximate surface area is 148 Å². The van der Waals surface area contributed by atoms with E-state index in [1.165, 1.54) is 12.1 Å². The smallest absolute Gasteiger partial charge is 0.416 e. The second kappa shape index (κ2) is 8.03. The van der Waals surface area contributed by atoms with Crippen LogP contribution in [0, 0.1) is 6.92 Å². The fraction of sp³-hybridized carbons (Fsp3) is 0.263. The third-order valence-electron chi connectivity index (χ3n) is 3.80. The summed E-state index contributed by atoms with van der Waals surface area (Å²) in [7, 11) is 0. The number of carbonyl (C=O) groups excluding carboxylic acids is 1. The maximum Gasteiger partial charge on any atom is 0.416 e. The molecule has 138 valence electrons. The van der Waals surface area contributed by atoms with E-state index in [-0.39, 0.29) is 12.8 Å². The van der Waals surface area contributed by atoms with E-state index in [1.807, 2.05) is 19.1 Å². The minimum Gasteiger partial charge on any atom is -0.480 e. The zero-order chi connectivity index (χ0) is 19.3. The molecule has 0 unspecified atom stereocenters. The third-order valence-corrected chi connectivity index (χ3v) is 3.80. The summed E-state index contributed by atoms with van der Waals surface area (Å²) in [5, 5.41) is 11.7. The molecule has 0 saturated heterocycles. The highest BCUT2D eigenvalue weighted by Gasteiger charge is 2.30. The molecule has 0 spiro atoms. The van der Waals surface area contributed by atoms with Gasteiger partial charge in [0.2, 0.25) is 5.91 Å². The van der Waals surface area contributed by atoms with E-state index in [0.29, 0.717) is 5.56 Å². The molecule has 0 radical (unpaired) electrons. The first-order valence-corrected chi connectivity index (χ1v) is 7.89. The number of carbonyl (C=O) groups is 2. The van der Waals surface area contributed by atoms with E-state index in [1.54, 1.807) is 12.1 Å². The normalized spacial score (nSPS) is 12.5. The minimum absolute atomic E-state index is 0.121. The van der Waals surface area contributed by atoms with E-state index in [9.17, 15) is 27.9 Å². The molecule has 26 heavy (non-hydrogen) atoms. The Morgan fingerprint density at radius 3 is 2.27 bits per heavy atom. The molecule has 0 aliphatic carbocycles. The van der Waals surface area contributed by atoms with E-state index < -0.39 is 29.7 Å². The zero-order valence-electron chi connectivity index (χ0n) is 14.0. The molecule has 0 heterocycles. The molecule has 1 amide bonds. The lowest BCUT2D eigenvalue weighted by atomic mass is 10.0. The average Bonchev–Trinajstić information content (AvgIpc) is 2.53. The molecular formula is C19H18F3NO3. The summed E-state index contributed by atoms with van der Waals surface area (Å²) in [6.07, 6.45) is -4.52. The van der Waals surface area contributed by atoms with Crippen LogP contribution < -0.4 is 5.32 Å². The van der Waals surface area contributed by atoms with Crippen molar-refractivity contribution in [2.75, 3.05) is 0 Å². The number of carboxylic acids is 1. The van der Waals surface area contributed by atoms with Gasteiger partial charge in [-0.05, 0) is 30.2 Å². The number of alkyl halides is 3. The summed E-state index contributed by atoms with van der Waals surface area (Å²) in [6.45, 7) is 1.88. The molecule has 1 atom stereocenters. The van der Waals surface area contributed by atoms with Gasteiger partial charge >= 0.3 is 12.1 Å². The number of halogens is 3. The van der Waals surface area contributed by atoms with Crippen LogP contribution in [0.5, 0.6) is 0 Å². The van der Waals surface area contributed by atoms with Gasteiger partial charge in [0.25, 0.3) is 0 Å². The number of rotatable bonds is 6. The number of benzene rings is 2. The summed E-state index contributed by atoms with van der Waals surface area (Å²) in [5.74, 6) is -1.74. The molecule has 2 aromatic rings. The van der Waals surface area contributed by atoms with Crippen molar-refractivity contribution in [3.8, 4) is 0 Å². The van der Waals surface area contributed by atoms with Crippen LogP contribution >= 0.6 is 0 Å². The fourth-order valence-corrected chi connectivity index (χ4v) is 2.52. The molecule has 0 fully saturated rings. The van der Waals surface area contributed by atoms with Gasteiger partial charge in [-0.2, -0.15) is 13.2 Å². The van der Waals surface area contributed by atoms with Gasteiger partial charge in [0, 0.05) is 6.42 Å². The van der Waals surface area contributed by atoms with Crippen molar-refractivity contribution >= 4 is 11.9 Å². The fourth-order valence-electron chi connectivity index (χ4n) is 2.52. The lowest BCUT2D eigenvalue weighted by Gasteiger charge is -2.15. The molecule has 0 aliphatic rings. The Morgan fingerprint density at radius 1 is 1.08 bits per heavy atom. The van der Waals surface area contributed by atoms with Crippen LogP contribution in [0.25, 0.3) is 0 Å². The molecule has 0 bridgehead atoms. The highest BCUT2D eigenvalue weighted by atomic mass is 19.4. The number of aryl methyl sites for hydroxylation is 1. The third kappa shape index (κ3) is 5.61. The first kappa shape index (κ1) is 19.5. The first-order chi connectivity index (χ1) is 12.1. The molecule has 7 heteroatoms. The Balaban J connectivity index is 2.00. The van der Waals surface area contributed by atoms with Crippen molar-refractivity contribution in [2.45, 2.75) is 32.0 Å². The van der Waals surface area contributed by atoms with Gasteiger partial charge < -0.3 is 10.4 Å². The Bertz CT molecular complexity index is 785. The van der Waals surface area contributed by atoms with E-state index >= 15 is 0 Å². The maximum atomic E-state index is 12.5. The first-order valence-electron chi connectivity index (χ1n) is 7.89. The summed E-state index contributed by atoms with van der Waals surface area (Å²) in [4.78, 5) is 23.5. The van der Waals surface area contributed by atoms with Crippen molar-refractivity contribution < 1.29 is 27.9 Å². The predicted octanol–water partition coefficient (Wildman–Crippen LogP) is 3.37. The largest absolute Gasteiger partial charge is 0.480 e. The van der Waals surface area contributed by atoms with Gasteiger partial charge in [-0.25, -0.2) is 4.79 Å². The van der Waals surface area contributed by atoms with Gasteiger partial charge in [0.05, 0.1) is 12.0 Å². The molecule has 4 nitrogen and oxygen atoms in total. The second-order valence-corrected chi connectivity index (χ2v) is 6.02. The number of carboxylic acid groups (broad SMARTS) is 1. The van der Waals surface area contributed by atoms with Crippen molar-refractivity contribution in [1.82, 2.24) is 5.32 Å². The molecular weight excluding hydrogens is 347 g/mol. The van der Waals surface area contributed by atoms with Crippen LogP contribution in [0.1, 0.15) is 22.3 Å². The Kier molecular flexibility index (Phi) is 6.02.